The van der Waals surface area contributed by atoms with Crippen molar-refractivity contribution in [3.63, 3.8) is 0 Å². The van der Waals surface area contributed by atoms with E-state index in [1.165, 1.54) is 26.3 Å². The Morgan fingerprint density at radius 1 is 1.07 bits per heavy atom. The van der Waals surface area contributed by atoms with Crippen LogP contribution in [-0.4, -0.2) is 36.8 Å². The Kier molecular flexibility index (Phi) is 4.27. The first-order chi connectivity index (χ1) is 13.4. The highest BCUT2D eigenvalue weighted by Gasteiger charge is 2.68. The van der Waals surface area contributed by atoms with Gasteiger partial charge in [0.15, 0.2) is 5.54 Å². The van der Waals surface area contributed by atoms with E-state index in [0.717, 1.165) is 4.90 Å². The highest BCUT2D eigenvalue weighted by Crippen LogP contribution is 2.53. The largest absolute Gasteiger partial charge is 0.467 e. The third kappa shape index (κ3) is 2.39. The molecule has 0 spiro atoms. The minimum absolute atomic E-state index is 0.376. The third-order valence-electron chi connectivity index (χ3n) is 5.75. The summed E-state index contributed by atoms with van der Waals surface area (Å²) >= 11 is 0. The van der Waals surface area contributed by atoms with Crippen LogP contribution >= 0.6 is 0 Å². The third-order valence-corrected chi connectivity index (χ3v) is 5.75. The molecule has 2 aliphatic heterocycles. The minimum atomic E-state index is -1.52. The summed E-state index contributed by atoms with van der Waals surface area (Å²) < 4.78 is 18.5. The van der Waals surface area contributed by atoms with Crippen molar-refractivity contribution in [2.45, 2.75) is 11.6 Å². The summed E-state index contributed by atoms with van der Waals surface area (Å²) in [6, 6.07) is 13.8. The van der Waals surface area contributed by atoms with Gasteiger partial charge in [-0.05, 0) is 23.3 Å². The van der Waals surface area contributed by atoms with Crippen molar-refractivity contribution >= 4 is 17.8 Å². The second-order valence-electron chi connectivity index (χ2n) is 7.08. The van der Waals surface area contributed by atoms with Crippen LogP contribution in [0.2, 0.25) is 0 Å². The van der Waals surface area contributed by atoms with E-state index in [4.69, 9.17) is 4.74 Å². The van der Waals surface area contributed by atoms with Gasteiger partial charge in [0.05, 0.1) is 18.9 Å². The number of imide groups is 1. The van der Waals surface area contributed by atoms with Crippen molar-refractivity contribution in [1.29, 1.82) is 0 Å². The molecule has 28 heavy (non-hydrogen) atoms. The molecular formula is C21H19FN2O4. The van der Waals surface area contributed by atoms with E-state index < -0.39 is 41.1 Å². The molecule has 0 radical (unpaired) electrons. The lowest BCUT2D eigenvalue weighted by Gasteiger charge is -2.32. The molecular weight excluding hydrogens is 363 g/mol. The maximum atomic E-state index is 13.4. The van der Waals surface area contributed by atoms with Crippen molar-refractivity contribution in [2.24, 2.45) is 11.8 Å². The lowest BCUT2D eigenvalue weighted by molar-refractivity contribution is -0.154. The first kappa shape index (κ1) is 18.3. The predicted molar refractivity (Wildman–Crippen MR) is 97.2 cm³/mol. The summed E-state index contributed by atoms with van der Waals surface area (Å²) in [6.07, 6.45) is 0. The summed E-state index contributed by atoms with van der Waals surface area (Å²) in [6.45, 7) is 0. The van der Waals surface area contributed by atoms with Gasteiger partial charge in [0.2, 0.25) is 11.8 Å². The zero-order valence-electron chi connectivity index (χ0n) is 15.4. The van der Waals surface area contributed by atoms with Crippen molar-refractivity contribution in [3.05, 3.63) is 71.5 Å². The topological polar surface area (TPSA) is 75.7 Å². The molecule has 2 aromatic carbocycles. The monoisotopic (exact) mass is 382 g/mol. The number of nitrogens with zero attached hydrogens (tertiary/aromatic N) is 1. The second kappa shape index (κ2) is 6.53. The molecule has 2 aromatic rings. The van der Waals surface area contributed by atoms with Crippen LogP contribution in [0.15, 0.2) is 54.6 Å². The molecule has 2 saturated heterocycles. The number of likely N-dealkylation sites (tertiary alicyclic amines) is 1. The average Bonchev–Trinajstić information content (AvgIpc) is 3.19. The lowest BCUT2D eigenvalue weighted by Crippen LogP contribution is -2.53. The number of hydrogen-bond acceptors (Lipinski definition) is 5. The molecule has 0 saturated carbocycles. The Hall–Kier alpha value is -3.06. The fourth-order valence-electron chi connectivity index (χ4n) is 4.44. The number of benzene rings is 2. The number of ether oxygens (including phenoxy) is 1. The van der Waals surface area contributed by atoms with E-state index in [1.807, 2.05) is 0 Å². The van der Waals surface area contributed by atoms with Crippen molar-refractivity contribution in [2.75, 3.05) is 14.2 Å². The Bertz CT molecular complexity index is 947. The Morgan fingerprint density at radius 2 is 1.71 bits per heavy atom. The van der Waals surface area contributed by atoms with Gasteiger partial charge in [-0.2, -0.15) is 0 Å². The summed E-state index contributed by atoms with van der Waals surface area (Å²) in [7, 11) is 2.66. The molecule has 0 unspecified atom stereocenters. The van der Waals surface area contributed by atoms with Crippen molar-refractivity contribution in [3.8, 4) is 0 Å². The molecule has 2 heterocycles. The molecule has 6 nitrogen and oxygen atoms in total. The molecule has 4 atom stereocenters. The second-order valence-corrected chi connectivity index (χ2v) is 7.08. The molecule has 144 valence electrons. The molecule has 0 aromatic heterocycles. The van der Waals surface area contributed by atoms with Crippen LogP contribution in [0, 0.1) is 17.7 Å². The van der Waals surface area contributed by atoms with Crippen LogP contribution in [0.5, 0.6) is 0 Å². The zero-order valence-corrected chi connectivity index (χ0v) is 15.4. The van der Waals surface area contributed by atoms with E-state index in [9.17, 15) is 18.8 Å². The van der Waals surface area contributed by atoms with Gasteiger partial charge in [-0.3, -0.25) is 19.8 Å². The Labute approximate surface area is 161 Å². The van der Waals surface area contributed by atoms with E-state index in [2.05, 4.69) is 5.32 Å². The molecule has 7 heteroatoms. The summed E-state index contributed by atoms with van der Waals surface area (Å²) in [5.41, 5.74) is -0.357. The normalized spacial score (nSPS) is 29.1. The molecule has 1 N–H and O–H groups in total. The summed E-state index contributed by atoms with van der Waals surface area (Å²) in [5, 5.41) is 3.23. The van der Waals surface area contributed by atoms with Gasteiger partial charge in [-0.15, -0.1) is 0 Å². The van der Waals surface area contributed by atoms with Crippen molar-refractivity contribution < 1.29 is 23.5 Å². The van der Waals surface area contributed by atoms with Gasteiger partial charge in [0.1, 0.15) is 5.82 Å². The number of halogens is 1. The van der Waals surface area contributed by atoms with Gasteiger partial charge >= 0.3 is 5.97 Å². The fraction of sp³-hybridized carbons (Fsp3) is 0.286. The maximum absolute atomic E-state index is 13.4. The predicted octanol–water partition coefficient (Wildman–Crippen LogP) is 1.77. The highest BCUT2D eigenvalue weighted by atomic mass is 19.1. The number of fused-ring (bicyclic) bond motifs is 1. The minimum Gasteiger partial charge on any atom is -0.467 e. The first-order valence-corrected chi connectivity index (χ1v) is 8.90. The number of carbonyl (C=O) groups excluding carboxylic acids is 3. The van der Waals surface area contributed by atoms with E-state index in [0.29, 0.717) is 11.1 Å². The number of methoxy groups -OCH3 is 1. The van der Waals surface area contributed by atoms with Gasteiger partial charge in [-0.25, -0.2) is 9.18 Å². The molecule has 2 fully saturated rings. The highest BCUT2D eigenvalue weighted by molar-refractivity contribution is 6.09. The first-order valence-electron chi connectivity index (χ1n) is 8.90. The smallest absolute Gasteiger partial charge is 0.331 e. The van der Waals surface area contributed by atoms with Gasteiger partial charge in [-0.1, -0.05) is 42.5 Å². The van der Waals surface area contributed by atoms with E-state index >= 15 is 0 Å². The molecule has 2 aliphatic rings. The number of amides is 2. The van der Waals surface area contributed by atoms with Gasteiger partial charge < -0.3 is 4.74 Å². The molecule has 4 rings (SSSR count). The fourth-order valence-corrected chi connectivity index (χ4v) is 4.44. The lowest BCUT2D eigenvalue weighted by atomic mass is 9.75. The quantitative estimate of drug-likeness (QED) is 0.647. The van der Waals surface area contributed by atoms with Crippen LogP contribution in [0.25, 0.3) is 0 Å². The van der Waals surface area contributed by atoms with Gasteiger partial charge in [0.25, 0.3) is 0 Å². The number of rotatable bonds is 3. The number of hydrogen-bond donors (Lipinski definition) is 1. The van der Waals surface area contributed by atoms with Gasteiger partial charge in [0, 0.05) is 13.1 Å². The van der Waals surface area contributed by atoms with Crippen LogP contribution in [0.3, 0.4) is 0 Å². The SMILES string of the molecule is COC(=O)[C@]1(c2ccccc2)N[C@@H](c2ccc(F)cc2)[C@H]2C(=O)N(C)C(=O)[C@@H]21. The average molecular weight is 382 g/mol. The standard InChI is InChI=1S/C21H19FN2O4/c1-24-18(25)15-16(19(24)26)21(20(27)28-2,13-6-4-3-5-7-13)23-17(15)12-8-10-14(22)11-9-12/h3-11,15-17,23H,1-2H3/t15-,16+,17-,21+/m0/s1. The number of nitrogens with one attached hydrogen (secondary N) is 1. The Morgan fingerprint density at radius 3 is 2.32 bits per heavy atom. The zero-order chi connectivity index (χ0) is 20.1. The van der Waals surface area contributed by atoms with E-state index in [1.54, 1.807) is 42.5 Å². The number of esters is 1. The van der Waals surface area contributed by atoms with Crippen LogP contribution in [0.4, 0.5) is 4.39 Å². The van der Waals surface area contributed by atoms with Crippen LogP contribution in [0.1, 0.15) is 17.2 Å². The summed E-state index contributed by atoms with van der Waals surface area (Å²) in [4.78, 5) is 40.1. The van der Waals surface area contributed by atoms with Crippen molar-refractivity contribution in [1.82, 2.24) is 10.2 Å². The van der Waals surface area contributed by atoms with E-state index in [-0.39, 0.29) is 5.91 Å². The van der Waals surface area contributed by atoms with Crippen LogP contribution in [-0.2, 0) is 24.7 Å². The Balaban J connectivity index is 1.94. The van der Waals surface area contributed by atoms with Crippen LogP contribution < -0.4 is 5.32 Å². The summed E-state index contributed by atoms with van der Waals surface area (Å²) in [5.74, 6) is -3.64. The molecule has 0 bridgehead atoms. The molecule has 2 amide bonds. The maximum Gasteiger partial charge on any atom is 0.331 e. The number of carbonyl (C=O) groups is 3. The molecule has 0 aliphatic carbocycles.